The molecule has 2 aliphatic rings. The Kier molecular flexibility index (Phi) is 4.51. The van der Waals surface area contributed by atoms with E-state index in [1.165, 1.54) is 17.7 Å². The molecule has 0 bridgehead atoms. The Morgan fingerprint density at radius 3 is 3.08 bits per heavy atom. The zero-order valence-electron chi connectivity index (χ0n) is 14.8. The fraction of sp³-hybridized carbons (Fsp3) is 0.579. The number of furan rings is 1. The largest absolute Gasteiger partial charge is 0.464 e. The lowest BCUT2D eigenvalue weighted by Crippen LogP contribution is -2.47. The van der Waals surface area contributed by atoms with Crippen molar-refractivity contribution >= 4 is 6.03 Å². The third-order valence-corrected chi connectivity index (χ3v) is 5.45. The van der Waals surface area contributed by atoms with Gasteiger partial charge in [-0.05, 0) is 56.7 Å². The number of carbonyl (C=O) groups excluding carboxylic acids is 1. The van der Waals surface area contributed by atoms with Gasteiger partial charge in [0.25, 0.3) is 0 Å². The number of nitrogens with zero attached hydrogens (tertiary/aromatic N) is 2. The lowest BCUT2D eigenvalue weighted by atomic mass is 9.94. The van der Waals surface area contributed by atoms with Gasteiger partial charge in [0.1, 0.15) is 11.5 Å². The standard InChI is InChI=1S/C19H26N4O2/c1-13-6-9-18(25-13)17-5-3-2-4-10-23(17)19(24)21-15-7-8-16-14(11-15)12-20-22-16/h6,9,12,15,17H,2-5,7-8,10-11H2,1H3,(H,20,22)(H,21,24)/t15-,17-/m1/s1. The molecule has 6 heteroatoms. The van der Waals surface area contributed by atoms with Gasteiger partial charge in [-0.3, -0.25) is 5.10 Å². The topological polar surface area (TPSA) is 74.2 Å². The molecule has 4 rings (SSSR count). The van der Waals surface area contributed by atoms with E-state index >= 15 is 0 Å². The van der Waals surface area contributed by atoms with Gasteiger partial charge < -0.3 is 14.6 Å². The fourth-order valence-corrected chi connectivity index (χ4v) is 4.08. The second kappa shape index (κ2) is 6.94. The van der Waals surface area contributed by atoms with Crippen molar-refractivity contribution in [3.8, 4) is 0 Å². The summed E-state index contributed by atoms with van der Waals surface area (Å²) in [6, 6.07) is 4.27. The van der Waals surface area contributed by atoms with Crippen LogP contribution in [0, 0.1) is 6.92 Å². The highest BCUT2D eigenvalue weighted by Crippen LogP contribution is 2.31. The smallest absolute Gasteiger partial charge is 0.318 e. The highest BCUT2D eigenvalue weighted by atomic mass is 16.3. The van der Waals surface area contributed by atoms with Crippen molar-refractivity contribution in [3.63, 3.8) is 0 Å². The van der Waals surface area contributed by atoms with Crippen LogP contribution in [0.1, 0.15) is 60.9 Å². The van der Waals surface area contributed by atoms with Crippen LogP contribution in [-0.2, 0) is 12.8 Å². The zero-order valence-corrected chi connectivity index (χ0v) is 14.8. The first kappa shape index (κ1) is 16.2. The van der Waals surface area contributed by atoms with Crippen molar-refractivity contribution < 1.29 is 9.21 Å². The monoisotopic (exact) mass is 342 g/mol. The van der Waals surface area contributed by atoms with Gasteiger partial charge in [-0.2, -0.15) is 5.10 Å². The molecule has 1 saturated heterocycles. The number of amides is 2. The van der Waals surface area contributed by atoms with Gasteiger partial charge in [-0.25, -0.2) is 4.79 Å². The van der Waals surface area contributed by atoms with Crippen molar-refractivity contribution in [2.45, 2.75) is 64.0 Å². The quantitative estimate of drug-likeness (QED) is 0.877. The summed E-state index contributed by atoms with van der Waals surface area (Å²) in [5.74, 6) is 1.81. The van der Waals surface area contributed by atoms with Crippen LogP contribution in [-0.4, -0.2) is 33.7 Å². The van der Waals surface area contributed by atoms with Gasteiger partial charge in [-0.15, -0.1) is 0 Å². The second-order valence-electron chi connectivity index (χ2n) is 7.27. The van der Waals surface area contributed by atoms with Crippen LogP contribution in [0.2, 0.25) is 0 Å². The molecule has 25 heavy (non-hydrogen) atoms. The average molecular weight is 342 g/mol. The van der Waals surface area contributed by atoms with Gasteiger partial charge in [-0.1, -0.05) is 12.8 Å². The lowest BCUT2D eigenvalue weighted by molar-refractivity contribution is 0.161. The van der Waals surface area contributed by atoms with Gasteiger partial charge >= 0.3 is 6.03 Å². The van der Waals surface area contributed by atoms with E-state index < -0.39 is 0 Å². The van der Waals surface area contributed by atoms with Crippen LogP contribution in [0.5, 0.6) is 0 Å². The third-order valence-electron chi connectivity index (χ3n) is 5.45. The SMILES string of the molecule is Cc1ccc([C@H]2CCCCCN2C(=O)N[C@@H]2CCc3[nH]ncc3C2)o1. The molecule has 0 unspecified atom stereocenters. The van der Waals surface area contributed by atoms with E-state index in [9.17, 15) is 4.79 Å². The predicted octanol–water partition coefficient (Wildman–Crippen LogP) is 3.50. The van der Waals surface area contributed by atoms with Gasteiger partial charge in [0, 0.05) is 18.3 Å². The van der Waals surface area contributed by atoms with E-state index in [1.807, 2.05) is 30.2 Å². The van der Waals surface area contributed by atoms with Gasteiger partial charge in [0.05, 0.1) is 12.2 Å². The van der Waals surface area contributed by atoms with Crippen LogP contribution in [0.25, 0.3) is 0 Å². The van der Waals surface area contributed by atoms with Crippen molar-refractivity contribution in [3.05, 3.63) is 41.1 Å². The molecule has 2 amide bonds. The molecule has 6 nitrogen and oxygen atoms in total. The summed E-state index contributed by atoms with van der Waals surface area (Å²) < 4.78 is 5.85. The van der Waals surface area contributed by atoms with Crippen molar-refractivity contribution in [1.82, 2.24) is 20.4 Å². The van der Waals surface area contributed by atoms with Crippen LogP contribution >= 0.6 is 0 Å². The molecule has 2 atom stereocenters. The number of hydrogen-bond donors (Lipinski definition) is 2. The molecule has 3 heterocycles. The minimum Gasteiger partial charge on any atom is -0.464 e. The molecule has 1 aliphatic heterocycles. The number of rotatable bonds is 2. The Balaban J connectivity index is 1.47. The second-order valence-corrected chi connectivity index (χ2v) is 7.27. The molecular weight excluding hydrogens is 316 g/mol. The summed E-state index contributed by atoms with van der Waals surface area (Å²) in [7, 11) is 0. The minimum atomic E-state index is 0.0397. The Morgan fingerprint density at radius 2 is 2.24 bits per heavy atom. The molecule has 0 aromatic carbocycles. The molecule has 2 aromatic rings. The average Bonchev–Trinajstić information content (AvgIpc) is 3.16. The summed E-state index contributed by atoms with van der Waals surface area (Å²) in [6.07, 6.45) is 8.97. The van der Waals surface area contributed by atoms with Gasteiger partial charge in [0.2, 0.25) is 0 Å². The molecule has 1 aliphatic carbocycles. The lowest BCUT2D eigenvalue weighted by Gasteiger charge is -2.32. The van der Waals surface area contributed by atoms with Crippen LogP contribution in [0.3, 0.4) is 0 Å². The van der Waals surface area contributed by atoms with Crippen LogP contribution < -0.4 is 5.32 Å². The van der Waals surface area contributed by atoms with Crippen LogP contribution in [0.4, 0.5) is 4.79 Å². The van der Waals surface area contributed by atoms with Gasteiger partial charge in [0.15, 0.2) is 0 Å². The van der Waals surface area contributed by atoms with E-state index in [2.05, 4.69) is 15.5 Å². The van der Waals surface area contributed by atoms with E-state index in [1.54, 1.807) is 0 Å². The first-order chi connectivity index (χ1) is 12.2. The van der Waals surface area contributed by atoms with E-state index in [0.29, 0.717) is 0 Å². The number of urea groups is 1. The highest BCUT2D eigenvalue weighted by molar-refractivity contribution is 5.75. The summed E-state index contributed by atoms with van der Waals surface area (Å²) in [6.45, 7) is 2.75. The van der Waals surface area contributed by atoms with Crippen LogP contribution in [0.15, 0.2) is 22.7 Å². The summed E-state index contributed by atoms with van der Waals surface area (Å²) in [4.78, 5) is 15.0. The minimum absolute atomic E-state index is 0.0397. The molecule has 1 fully saturated rings. The highest BCUT2D eigenvalue weighted by Gasteiger charge is 2.31. The number of aromatic nitrogens is 2. The normalized spacial score (nSPS) is 23.8. The van der Waals surface area contributed by atoms with E-state index in [4.69, 9.17) is 4.42 Å². The number of fused-ring (bicyclic) bond motifs is 1. The molecular formula is C19H26N4O2. The third kappa shape index (κ3) is 3.43. The zero-order chi connectivity index (χ0) is 17.2. The maximum absolute atomic E-state index is 13.0. The van der Waals surface area contributed by atoms with Crippen molar-refractivity contribution in [2.75, 3.05) is 6.54 Å². The number of nitrogens with one attached hydrogen (secondary N) is 2. The predicted molar refractivity (Wildman–Crippen MR) is 94.3 cm³/mol. The van der Waals surface area contributed by atoms with E-state index in [-0.39, 0.29) is 18.1 Å². The number of hydrogen-bond acceptors (Lipinski definition) is 3. The Hall–Kier alpha value is -2.24. The summed E-state index contributed by atoms with van der Waals surface area (Å²) >= 11 is 0. The first-order valence-corrected chi connectivity index (χ1v) is 9.35. The molecule has 134 valence electrons. The molecule has 0 saturated carbocycles. The summed E-state index contributed by atoms with van der Waals surface area (Å²) in [5, 5.41) is 10.4. The Morgan fingerprint density at radius 1 is 1.32 bits per heavy atom. The molecule has 2 aromatic heterocycles. The Bertz CT molecular complexity index is 735. The number of H-pyrrole nitrogens is 1. The van der Waals surface area contributed by atoms with E-state index in [0.717, 1.165) is 56.6 Å². The summed E-state index contributed by atoms with van der Waals surface area (Å²) in [5.41, 5.74) is 2.44. The fourth-order valence-electron chi connectivity index (χ4n) is 4.08. The number of aryl methyl sites for hydroxylation is 2. The number of likely N-dealkylation sites (tertiary alicyclic amines) is 1. The van der Waals surface area contributed by atoms with Crippen molar-refractivity contribution in [1.29, 1.82) is 0 Å². The number of aromatic amines is 1. The molecule has 2 N–H and O–H groups in total. The maximum Gasteiger partial charge on any atom is 0.318 e. The van der Waals surface area contributed by atoms with Crippen molar-refractivity contribution in [2.24, 2.45) is 0 Å². The maximum atomic E-state index is 13.0. The molecule has 0 radical (unpaired) electrons. The molecule has 0 spiro atoms. The Labute approximate surface area is 148 Å². The number of carbonyl (C=O) groups is 1. The first-order valence-electron chi connectivity index (χ1n) is 9.35.